The molecule has 0 aromatic carbocycles. The second-order valence-electron chi connectivity index (χ2n) is 10.8. The Balaban J connectivity index is 1.59. The fourth-order valence-electron chi connectivity index (χ4n) is 4.85. The maximum absolute atomic E-state index is 14.3. The predicted octanol–water partition coefficient (Wildman–Crippen LogP) is -1.62. The molecule has 0 bridgehead atoms. The molecule has 0 radical (unpaired) electrons. The molecule has 0 aliphatic carbocycles. The molecule has 20 nitrogen and oxygen atoms in total. The molecule has 0 saturated carbocycles. The molecule has 6 N–H and O–H groups in total. The molecule has 0 spiro atoms. The van der Waals surface area contributed by atoms with Crippen LogP contribution in [-0.2, 0) is 41.7 Å². The van der Waals surface area contributed by atoms with E-state index in [1.807, 2.05) is 0 Å². The molecule has 4 rings (SSSR count). The van der Waals surface area contributed by atoms with Gasteiger partial charge in [-0.15, -0.1) is 15.3 Å². The van der Waals surface area contributed by atoms with Crippen molar-refractivity contribution in [2.24, 2.45) is 21.1 Å². The number of carboxylic acid groups (broad SMARTS) is 1. The zero-order valence-corrected chi connectivity index (χ0v) is 25.7. The van der Waals surface area contributed by atoms with E-state index in [0.717, 1.165) is 4.90 Å². The summed E-state index contributed by atoms with van der Waals surface area (Å²) in [5, 5.41) is 40.2. The number of aliphatic imine (C=N–C) groups is 1. The molecule has 0 saturated heterocycles. The lowest BCUT2D eigenvalue weighted by Gasteiger charge is -2.30. The van der Waals surface area contributed by atoms with E-state index in [0.29, 0.717) is 12.0 Å². The highest BCUT2D eigenvalue weighted by Crippen LogP contribution is 2.31. The summed E-state index contributed by atoms with van der Waals surface area (Å²) in [6.07, 6.45) is 0.633. The van der Waals surface area contributed by atoms with Crippen molar-refractivity contribution in [1.82, 2.24) is 46.9 Å². The molecule has 20 heteroatoms. The number of nitrogens with zero attached hydrogens (tertiary/aromatic N) is 8. The van der Waals surface area contributed by atoms with Crippen molar-refractivity contribution in [2.75, 3.05) is 18.1 Å². The number of carbonyl (C=O) groups is 6. The summed E-state index contributed by atoms with van der Waals surface area (Å²) in [6, 6.07) is -0.418. The van der Waals surface area contributed by atoms with Crippen molar-refractivity contribution in [3.63, 3.8) is 0 Å². The molecule has 47 heavy (non-hydrogen) atoms. The minimum atomic E-state index is -1.52. The first-order valence-electron chi connectivity index (χ1n) is 14.8. The molecular weight excluding hydrogens is 618 g/mol. The summed E-state index contributed by atoms with van der Waals surface area (Å²) < 4.78 is 0. The number of rotatable bonds is 16. The molecular formula is C27H35N13O7. The van der Waals surface area contributed by atoms with Crippen LogP contribution >= 0.6 is 0 Å². The number of anilines is 1. The van der Waals surface area contributed by atoms with Gasteiger partial charge < -0.3 is 26.4 Å². The third-order valence-electron chi connectivity index (χ3n) is 7.50. The highest BCUT2D eigenvalue weighted by Gasteiger charge is 2.43. The normalized spacial score (nSPS) is 16.8. The highest BCUT2D eigenvalue weighted by molar-refractivity contribution is 6.07. The average molecular weight is 654 g/mol. The first kappa shape index (κ1) is 34.2. The number of carboxylic acids is 1. The smallest absolute Gasteiger partial charge is 0.303 e. The maximum Gasteiger partial charge on any atom is 0.303 e. The number of fused-ring (bicyclic) bond motifs is 1. The van der Waals surface area contributed by atoms with Crippen molar-refractivity contribution >= 4 is 47.2 Å². The Morgan fingerprint density at radius 2 is 1.89 bits per heavy atom. The van der Waals surface area contributed by atoms with Crippen LogP contribution in [-0.4, -0.2) is 103 Å². The van der Waals surface area contributed by atoms with Gasteiger partial charge in [0.25, 0.3) is 5.91 Å². The monoisotopic (exact) mass is 653 g/mol. The number of aromatic nitrogens is 5. The molecule has 2 aromatic rings. The van der Waals surface area contributed by atoms with E-state index in [1.54, 1.807) is 26.0 Å². The van der Waals surface area contributed by atoms with Gasteiger partial charge in [-0.2, -0.15) is 10.3 Å². The number of hydrogen-bond donors (Lipinski definition) is 6. The van der Waals surface area contributed by atoms with Gasteiger partial charge in [0.05, 0.1) is 25.9 Å². The van der Waals surface area contributed by atoms with Gasteiger partial charge in [0, 0.05) is 19.0 Å². The van der Waals surface area contributed by atoms with Gasteiger partial charge in [0.15, 0.2) is 18.3 Å². The van der Waals surface area contributed by atoms with Crippen molar-refractivity contribution < 1.29 is 33.9 Å². The van der Waals surface area contributed by atoms with Crippen LogP contribution in [0.4, 0.5) is 5.82 Å². The van der Waals surface area contributed by atoms with Crippen molar-refractivity contribution in [3.05, 3.63) is 29.7 Å². The van der Waals surface area contributed by atoms with E-state index in [1.165, 1.54) is 6.20 Å². The lowest BCUT2D eigenvalue weighted by molar-refractivity contribution is -0.139. The van der Waals surface area contributed by atoms with E-state index in [-0.39, 0.29) is 50.1 Å². The Hall–Kier alpha value is -5.69. The molecule has 2 aliphatic heterocycles. The number of amides is 5. The summed E-state index contributed by atoms with van der Waals surface area (Å²) in [6.45, 7) is 3.47. The van der Waals surface area contributed by atoms with Crippen LogP contribution in [0.2, 0.25) is 0 Å². The molecule has 4 heterocycles. The summed E-state index contributed by atoms with van der Waals surface area (Å²) in [5.41, 5.74) is 0.586. The third kappa shape index (κ3) is 9.17. The number of nitrogens with one attached hydrogen (secondary N) is 5. The predicted molar refractivity (Wildman–Crippen MR) is 160 cm³/mol. The second kappa shape index (κ2) is 16.0. The first-order chi connectivity index (χ1) is 22.6. The van der Waals surface area contributed by atoms with E-state index >= 15 is 0 Å². The topological polar surface area (TPSA) is 278 Å². The number of aromatic amines is 1. The van der Waals surface area contributed by atoms with Gasteiger partial charge in [0.1, 0.15) is 23.9 Å². The number of tetrazole rings is 1. The maximum atomic E-state index is 14.3. The molecule has 4 atom stereocenters. The van der Waals surface area contributed by atoms with Crippen molar-refractivity contribution in [1.29, 1.82) is 0 Å². The van der Waals surface area contributed by atoms with E-state index < -0.39 is 72.4 Å². The Kier molecular flexibility index (Phi) is 11.7. The van der Waals surface area contributed by atoms with Crippen LogP contribution in [0.15, 0.2) is 33.6 Å². The lowest BCUT2D eigenvalue weighted by atomic mass is 9.97. The standard InChI is InChI=1S/C27H35N13O7/c1-3-14(2)23(34-20(41)6-7-22(43)44)26(46)33-16(10-21(42)29-11-18-31-13-32-35-18)27(47)40-17(9-15-5-4-8-28-24(15)40)25(45)30-12-19-36-38-39-37-19/h4-5,8,14,16-17,23H,3,6-7,9-13H2,1-2H3,(H,29,42)(H,30,45)(H,33,46)(H,34,41)(H,43,44)(H,36,37,38,39)/t14-,16-,17-,23-/m0/s1. The number of pyridine rings is 1. The zero-order valence-electron chi connectivity index (χ0n) is 25.7. The van der Waals surface area contributed by atoms with Crippen LogP contribution in [0.25, 0.3) is 0 Å². The highest BCUT2D eigenvalue weighted by atomic mass is 16.4. The third-order valence-corrected chi connectivity index (χ3v) is 7.50. The fourth-order valence-corrected chi connectivity index (χ4v) is 4.85. The van der Waals surface area contributed by atoms with Gasteiger partial charge in [0.2, 0.25) is 23.6 Å². The Labute approximate surface area is 267 Å². The zero-order chi connectivity index (χ0) is 33.9. The number of amidine groups is 1. The molecule has 0 unspecified atom stereocenters. The van der Waals surface area contributed by atoms with Crippen LogP contribution < -0.4 is 26.2 Å². The van der Waals surface area contributed by atoms with Crippen LogP contribution in [0.3, 0.4) is 0 Å². The molecule has 250 valence electrons. The second-order valence-corrected chi connectivity index (χ2v) is 10.8. The summed E-state index contributed by atoms with van der Waals surface area (Å²) in [7, 11) is 0. The average Bonchev–Trinajstić information content (AvgIpc) is 3.85. The van der Waals surface area contributed by atoms with Crippen LogP contribution in [0.1, 0.15) is 50.9 Å². The molecule has 2 aromatic heterocycles. The Morgan fingerprint density at radius 1 is 1.09 bits per heavy atom. The quantitative estimate of drug-likeness (QED) is 0.120. The van der Waals surface area contributed by atoms with Gasteiger partial charge in [-0.25, -0.2) is 9.98 Å². The van der Waals surface area contributed by atoms with E-state index in [2.05, 4.69) is 62.1 Å². The van der Waals surface area contributed by atoms with E-state index in [4.69, 9.17) is 5.11 Å². The SMILES string of the molecule is CC[C@H](C)[C@H](NC(=O)CCC(=O)O)C(=O)N[C@@H](CC(=O)NCC1=NCN=N1)C(=O)N1c2ncccc2C[C@H]1C(=O)NCc1nn[nH]n1. The number of aliphatic carboxylic acids is 1. The van der Waals surface area contributed by atoms with E-state index in [9.17, 15) is 28.8 Å². The minimum Gasteiger partial charge on any atom is -0.481 e. The van der Waals surface area contributed by atoms with Crippen LogP contribution in [0.5, 0.6) is 0 Å². The van der Waals surface area contributed by atoms with Gasteiger partial charge in [-0.1, -0.05) is 31.5 Å². The summed E-state index contributed by atoms with van der Waals surface area (Å²) in [5.74, 6) is -4.40. The van der Waals surface area contributed by atoms with Gasteiger partial charge in [-0.05, 0) is 17.5 Å². The fraction of sp³-hybridized carbons (Fsp3) is 0.519. The van der Waals surface area contributed by atoms with Gasteiger partial charge in [-0.3, -0.25) is 33.7 Å². The summed E-state index contributed by atoms with van der Waals surface area (Å²) >= 11 is 0. The molecule has 0 fully saturated rings. The lowest BCUT2D eigenvalue weighted by Crippen LogP contribution is -2.59. The van der Waals surface area contributed by atoms with Crippen molar-refractivity contribution in [2.45, 2.75) is 70.6 Å². The number of carbonyl (C=O) groups excluding carboxylic acids is 5. The van der Waals surface area contributed by atoms with Crippen molar-refractivity contribution in [3.8, 4) is 0 Å². The Bertz CT molecular complexity index is 1540. The number of H-pyrrole nitrogens is 1. The Morgan fingerprint density at radius 3 is 2.57 bits per heavy atom. The first-order valence-corrected chi connectivity index (χ1v) is 14.8. The number of azo groups is 1. The number of hydrogen-bond acceptors (Lipinski definition) is 13. The van der Waals surface area contributed by atoms with Crippen LogP contribution in [0, 0.1) is 5.92 Å². The molecule has 2 aliphatic rings. The van der Waals surface area contributed by atoms with Gasteiger partial charge >= 0.3 is 5.97 Å². The summed E-state index contributed by atoms with van der Waals surface area (Å²) in [4.78, 5) is 87.4. The largest absolute Gasteiger partial charge is 0.481 e. The minimum absolute atomic E-state index is 0.0679. The molecule has 5 amide bonds.